The van der Waals surface area contributed by atoms with Gasteiger partial charge in [-0.3, -0.25) is 0 Å². The second kappa shape index (κ2) is 7.42. The van der Waals surface area contributed by atoms with Gasteiger partial charge in [-0.25, -0.2) is 0 Å². The third-order valence-corrected chi connectivity index (χ3v) is 4.07. The van der Waals surface area contributed by atoms with Crippen molar-refractivity contribution in [3.63, 3.8) is 0 Å². The minimum Gasteiger partial charge on any atom is -0.386 e. The molecule has 2 rings (SSSR count). The maximum atomic E-state index is 10.5. The first-order chi connectivity index (χ1) is 10.4. The van der Waals surface area contributed by atoms with Crippen LogP contribution in [0.1, 0.15) is 32.4 Å². The van der Waals surface area contributed by atoms with Crippen molar-refractivity contribution in [3.05, 3.63) is 58.7 Å². The lowest BCUT2D eigenvalue weighted by Crippen LogP contribution is -2.31. The van der Waals surface area contributed by atoms with Crippen LogP contribution in [0, 0.1) is 5.92 Å². The Labute approximate surface area is 137 Å². The van der Waals surface area contributed by atoms with Gasteiger partial charge < -0.3 is 15.6 Å². The number of benzene rings is 1. The molecule has 3 N–H and O–H groups in total. The highest BCUT2D eigenvalue weighted by Gasteiger charge is 2.25. The van der Waals surface area contributed by atoms with Crippen molar-refractivity contribution in [1.29, 1.82) is 0 Å². The van der Waals surface area contributed by atoms with Crippen LogP contribution in [0.25, 0.3) is 0 Å². The molecule has 0 spiro atoms. The molecule has 4 atom stereocenters. The molecular formula is C18H24ClNO2. The molecule has 0 heterocycles. The SMILES string of the molecule is CC(C)OC1C=CC(C(O)C(N)c2ccc(Cl)cc2)=CC1C. The maximum absolute atomic E-state index is 10.5. The normalized spacial score (nSPS) is 24.2. The third kappa shape index (κ3) is 4.20. The van der Waals surface area contributed by atoms with E-state index >= 15 is 0 Å². The Kier molecular flexibility index (Phi) is 5.81. The highest BCUT2D eigenvalue weighted by atomic mass is 35.5. The molecule has 3 nitrogen and oxygen atoms in total. The summed E-state index contributed by atoms with van der Waals surface area (Å²) < 4.78 is 5.83. The topological polar surface area (TPSA) is 55.5 Å². The summed E-state index contributed by atoms with van der Waals surface area (Å²) in [5.41, 5.74) is 7.87. The first-order valence-corrected chi connectivity index (χ1v) is 8.00. The third-order valence-electron chi connectivity index (χ3n) is 3.82. The van der Waals surface area contributed by atoms with Crippen LogP contribution in [0.2, 0.25) is 5.02 Å². The minimum atomic E-state index is -0.750. The average Bonchev–Trinajstić information content (AvgIpc) is 2.48. The van der Waals surface area contributed by atoms with Crippen LogP contribution in [0.5, 0.6) is 0 Å². The van der Waals surface area contributed by atoms with Gasteiger partial charge >= 0.3 is 0 Å². The van der Waals surface area contributed by atoms with Crippen molar-refractivity contribution in [2.24, 2.45) is 11.7 Å². The molecule has 120 valence electrons. The van der Waals surface area contributed by atoms with Crippen molar-refractivity contribution in [3.8, 4) is 0 Å². The smallest absolute Gasteiger partial charge is 0.0979 e. The molecule has 0 bridgehead atoms. The summed E-state index contributed by atoms with van der Waals surface area (Å²) in [5, 5.41) is 11.2. The van der Waals surface area contributed by atoms with E-state index in [1.165, 1.54) is 0 Å². The van der Waals surface area contributed by atoms with Gasteiger partial charge in [0.1, 0.15) is 0 Å². The number of aliphatic hydroxyl groups is 1. The van der Waals surface area contributed by atoms with Gasteiger partial charge in [-0.05, 0) is 37.1 Å². The second-order valence-corrected chi connectivity index (χ2v) is 6.49. The maximum Gasteiger partial charge on any atom is 0.0979 e. The summed E-state index contributed by atoms with van der Waals surface area (Å²) in [7, 11) is 0. The molecule has 1 aromatic carbocycles. The molecule has 0 aromatic heterocycles. The van der Waals surface area contributed by atoms with Crippen LogP contribution in [0.3, 0.4) is 0 Å². The highest BCUT2D eigenvalue weighted by Crippen LogP contribution is 2.27. The minimum absolute atomic E-state index is 0.0442. The van der Waals surface area contributed by atoms with E-state index in [-0.39, 0.29) is 18.1 Å². The van der Waals surface area contributed by atoms with Gasteiger partial charge in [-0.1, -0.05) is 48.9 Å². The lowest BCUT2D eigenvalue weighted by Gasteiger charge is -2.28. The number of hydrogen-bond donors (Lipinski definition) is 2. The number of hydrogen-bond acceptors (Lipinski definition) is 3. The van der Waals surface area contributed by atoms with Crippen molar-refractivity contribution in [2.45, 2.75) is 45.1 Å². The summed E-state index contributed by atoms with van der Waals surface area (Å²) in [4.78, 5) is 0. The van der Waals surface area contributed by atoms with Crippen molar-refractivity contribution in [1.82, 2.24) is 0 Å². The molecular weight excluding hydrogens is 298 g/mol. The Hall–Kier alpha value is -1.13. The molecule has 0 radical (unpaired) electrons. The lowest BCUT2D eigenvalue weighted by molar-refractivity contribution is 0.0153. The van der Waals surface area contributed by atoms with E-state index in [4.69, 9.17) is 22.1 Å². The molecule has 0 fully saturated rings. The fourth-order valence-electron chi connectivity index (χ4n) is 2.59. The van der Waals surface area contributed by atoms with Gasteiger partial charge in [0.25, 0.3) is 0 Å². The molecule has 1 aliphatic rings. The van der Waals surface area contributed by atoms with Crippen LogP contribution < -0.4 is 5.73 Å². The van der Waals surface area contributed by atoms with Crippen LogP contribution >= 0.6 is 11.6 Å². The number of halogens is 1. The summed E-state index contributed by atoms with van der Waals surface area (Å²) >= 11 is 5.88. The van der Waals surface area contributed by atoms with Crippen molar-refractivity contribution >= 4 is 11.6 Å². The monoisotopic (exact) mass is 321 g/mol. The molecule has 0 aliphatic heterocycles. The van der Waals surface area contributed by atoms with E-state index in [1.54, 1.807) is 12.1 Å². The zero-order chi connectivity index (χ0) is 16.3. The molecule has 0 saturated heterocycles. The Morgan fingerprint density at radius 2 is 1.86 bits per heavy atom. The fourth-order valence-corrected chi connectivity index (χ4v) is 2.72. The van der Waals surface area contributed by atoms with Gasteiger partial charge in [0.2, 0.25) is 0 Å². The fraction of sp³-hybridized carbons (Fsp3) is 0.444. The largest absolute Gasteiger partial charge is 0.386 e. The predicted molar refractivity (Wildman–Crippen MR) is 90.8 cm³/mol. The molecule has 1 aliphatic carbocycles. The molecule has 0 amide bonds. The molecule has 0 saturated carbocycles. The van der Waals surface area contributed by atoms with E-state index in [2.05, 4.69) is 6.92 Å². The number of ether oxygens (including phenoxy) is 1. The highest BCUT2D eigenvalue weighted by molar-refractivity contribution is 6.30. The summed E-state index contributed by atoms with van der Waals surface area (Å²) in [6.07, 6.45) is 5.41. The van der Waals surface area contributed by atoms with E-state index in [9.17, 15) is 5.11 Å². The predicted octanol–water partition coefficient (Wildman–Crippen LogP) is 3.63. The Balaban J connectivity index is 2.08. The van der Waals surface area contributed by atoms with Crippen LogP contribution in [-0.2, 0) is 4.74 Å². The number of rotatable bonds is 5. The standard InChI is InChI=1S/C18H24ClNO2/c1-11(2)22-16-9-6-14(10-12(16)3)18(21)17(20)13-4-7-15(19)8-5-13/h4-12,16-18,21H,20H2,1-3H3. The van der Waals surface area contributed by atoms with Gasteiger partial charge in [-0.2, -0.15) is 0 Å². The Bertz CT molecular complexity index is 551. The molecule has 1 aromatic rings. The first-order valence-electron chi connectivity index (χ1n) is 7.63. The molecule has 4 unspecified atom stereocenters. The van der Waals surface area contributed by atoms with Gasteiger partial charge in [0.05, 0.1) is 24.4 Å². The second-order valence-electron chi connectivity index (χ2n) is 6.06. The van der Waals surface area contributed by atoms with Gasteiger partial charge in [-0.15, -0.1) is 0 Å². The Morgan fingerprint density at radius 3 is 2.41 bits per heavy atom. The van der Waals surface area contributed by atoms with E-state index < -0.39 is 12.1 Å². The number of aliphatic hydroxyl groups excluding tert-OH is 1. The van der Waals surface area contributed by atoms with Crippen molar-refractivity contribution in [2.75, 3.05) is 0 Å². The van der Waals surface area contributed by atoms with Gasteiger partial charge in [0, 0.05) is 10.9 Å². The zero-order valence-corrected chi connectivity index (χ0v) is 14.0. The van der Waals surface area contributed by atoms with Crippen LogP contribution in [0.15, 0.2) is 48.1 Å². The Morgan fingerprint density at radius 1 is 1.23 bits per heavy atom. The summed E-state index contributed by atoms with van der Waals surface area (Å²) in [6.45, 7) is 6.12. The van der Waals surface area contributed by atoms with Crippen molar-refractivity contribution < 1.29 is 9.84 Å². The molecule has 22 heavy (non-hydrogen) atoms. The van der Waals surface area contributed by atoms with Gasteiger partial charge in [0.15, 0.2) is 0 Å². The molecule has 4 heteroatoms. The average molecular weight is 322 g/mol. The van der Waals surface area contributed by atoms with E-state index in [0.717, 1.165) is 11.1 Å². The first kappa shape index (κ1) is 17.2. The summed E-state index contributed by atoms with van der Waals surface area (Å²) in [5.74, 6) is 0.203. The van der Waals surface area contributed by atoms with Crippen LogP contribution in [0.4, 0.5) is 0 Å². The van der Waals surface area contributed by atoms with Crippen LogP contribution in [-0.4, -0.2) is 23.4 Å². The van der Waals surface area contributed by atoms with E-state index in [0.29, 0.717) is 5.02 Å². The lowest BCUT2D eigenvalue weighted by atomic mass is 9.88. The number of nitrogens with two attached hydrogens (primary N) is 1. The summed E-state index contributed by atoms with van der Waals surface area (Å²) in [6, 6.07) is 6.77. The quantitative estimate of drug-likeness (QED) is 0.870. The van der Waals surface area contributed by atoms with E-state index in [1.807, 2.05) is 44.2 Å². The zero-order valence-electron chi connectivity index (χ0n) is 13.2.